The van der Waals surface area contributed by atoms with Gasteiger partial charge in [0.15, 0.2) is 0 Å². The molecule has 0 saturated carbocycles. The number of benzene rings is 1. The van der Waals surface area contributed by atoms with Gasteiger partial charge >= 0.3 is 0 Å². The van der Waals surface area contributed by atoms with Gasteiger partial charge in [0, 0.05) is 24.0 Å². The van der Waals surface area contributed by atoms with Crippen molar-refractivity contribution >= 4 is 10.9 Å². The first-order valence-corrected chi connectivity index (χ1v) is 7.07. The fraction of sp³-hybridized carbons (Fsp3) is 0.176. The summed E-state index contributed by atoms with van der Waals surface area (Å²) < 4.78 is 0. The summed E-state index contributed by atoms with van der Waals surface area (Å²) >= 11 is 0. The van der Waals surface area contributed by atoms with Gasteiger partial charge in [0.2, 0.25) is 0 Å². The molecule has 1 atom stereocenters. The van der Waals surface area contributed by atoms with Crippen molar-refractivity contribution in [1.29, 1.82) is 0 Å². The molecule has 1 aromatic carbocycles. The highest BCUT2D eigenvalue weighted by molar-refractivity contribution is 5.79. The molecule has 21 heavy (non-hydrogen) atoms. The first kappa shape index (κ1) is 13.7. The third kappa shape index (κ3) is 2.63. The molecule has 2 aromatic heterocycles. The topological polar surface area (TPSA) is 63.8 Å². The van der Waals surface area contributed by atoms with Crippen LogP contribution < -0.4 is 11.3 Å². The Morgan fingerprint density at radius 3 is 2.90 bits per heavy atom. The maximum atomic E-state index is 5.81. The van der Waals surface area contributed by atoms with Gasteiger partial charge < -0.3 is 0 Å². The van der Waals surface area contributed by atoms with Crippen LogP contribution in [0.5, 0.6) is 0 Å². The average molecular weight is 278 g/mol. The highest BCUT2D eigenvalue weighted by Crippen LogP contribution is 2.26. The first-order valence-electron chi connectivity index (χ1n) is 7.07. The Morgan fingerprint density at radius 1 is 1.19 bits per heavy atom. The van der Waals surface area contributed by atoms with Gasteiger partial charge in [-0.3, -0.25) is 15.8 Å². The third-order valence-corrected chi connectivity index (χ3v) is 3.76. The van der Waals surface area contributed by atoms with Crippen molar-refractivity contribution in [3.63, 3.8) is 0 Å². The summed E-state index contributed by atoms with van der Waals surface area (Å²) in [7, 11) is 0. The minimum absolute atomic E-state index is 0.0608. The third-order valence-electron chi connectivity index (χ3n) is 3.76. The number of nitrogens with one attached hydrogen (secondary N) is 1. The molecule has 0 spiro atoms. The molecule has 0 fully saturated rings. The van der Waals surface area contributed by atoms with E-state index in [1.54, 1.807) is 12.4 Å². The van der Waals surface area contributed by atoms with Crippen LogP contribution in [0.15, 0.2) is 55.0 Å². The fourth-order valence-corrected chi connectivity index (χ4v) is 2.64. The Bertz CT molecular complexity index is 754. The predicted octanol–water partition coefficient (Wildman–Crippen LogP) is 2.74. The van der Waals surface area contributed by atoms with Gasteiger partial charge in [-0.1, -0.05) is 25.1 Å². The molecule has 4 nitrogen and oxygen atoms in total. The SMILES string of the molecule is CCc1cnccc1C(NN)c1ccc2cccnc2c1. The maximum Gasteiger partial charge on any atom is 0.0714 e. The van der Waals surface area contributed by atoms with E-state index in [9.17, 15) is 0 Å². The van der Waals surface area contributed by atoms with Crippen molar-refractivity contribution in [3.8, 4) is 0 Å². The van der Waals surface area contributed by atoms with Crippen molar-refractivity contribution in [2.24, 2.45) is 5.84 Å². The number of hydrogen-bond acceptors (Lipinski definition) is 4. The van der Waals surface area contributed by atoms with Crippen molar-refractivity contribution < 1.29 is 0 Å². The Hall–Kier alpha value is -2.30. The normalized spacial score (nSPS) is 12.5. The van der Waals surface area contributed by atoms with Crippen LogP contribution in [0.4, 0.5) is 0 Å². The summed E-state index contributed by atoms with van der Waals surface area (Å²) in [4.78, 5) is 8.61. The number of pyridine rings is 2. The molecular weight excluding hydrogens is 260 g/mol. The van der Waals surface area contributed by atoms with Gasteiger partial charge in [-0.2, -0.15) is 0 Å². The van der Waals surface area contributed by atoms with Crippen LogP contribution in [0.25, 0.3) is 10.9 Å². The van der Waals surface area contributed by atoms with Crippen LogP contribution in [-0.4, -0.2) is 9.97 Å². The smallest absolute Gasteiger partial charge is 0.0714 e. The van der Waals surface area contributed by atoms with E-state index in [2.05, 4.69) is 46.6 Å². The molecule has 1 unspecified atom stereocenters. The molecule has 0 amide bonds. The molecule has 0 bridgehead atoms. The number of nitrogens with two attached hydrogens (primary N) is 1. The lowest BCUT2D eigenvalue weighted by Gasteiger charge is -2.20. The van der Waals surface area contributed by atoms with Gasteiger partial charge in [-0.05, 0) is 41.3 Å². The van der Waals surface area contributed by atoms with E-state index in [0.717, 1.165) is 28.5 Å². The molecule has 2 heterocycles. The first-order chi connectivity index (χ1) is 10.3. The lowest BCUT2D eigenvalue weighted by molar-refractivity contribution is 0.631. The monoisotopic (exact) mass is 278 g/mol. The van der Waals surface area contributed by atoms with E-state index in [0.29, 0.717) is 0 Å². The van der Waals surface area contributed by atoms with Crippen LogP contribution >= 0.6 is 0 Å². The Kier molecular flexibility index (Phi) is 3.90. The van der Waals surface area contributed by atoms with Gasteiger partial charge in [-0.25, -0.2) is 5.43 Å². The summed E-state index contributed by atoms with van der Waals surface area (Å²) in [5.74, 6) is 5.81. The van der Waals surface area contributed by atoms with Crippen LogP contribution in [0.1, 0.15) is 29.7 Å². The second kappa shape index (κ2) is 5.99. The van der Waals surface area contributed by atoms with E-state index < -0.39 is 0 Å². The van der Waals surface area contributed by atoms with E-state index in [1.807, 2.05) is 18.3 Å². The quantitative estimate of drug-likeness (QED) is 0.569. The maximum absolute atomic E-state index is 5.81. The zero-order chi connectivity index (χ0) is 14.7. The number of fused-ring (bicyclic) bond motifs is 1. The summed E-state index contributed by atoms with van der Waals surface area (Å²) in [6, 6.07) is 12.2. The van der Waals surface area contributed by atoms with Crippen LogP contribution in [0.3, 0.4) is 0 Å². The summed E-state index contributed by atoms with van der Waals surface area (Å²) in [6.07, 6.45) is 6.44. The summed E-state index contributed by atoms with van der Waals surface area (Å²) in [5.41, 5.74) is 7.35. The second-order valence-corrected chi connectivity index (χ2v) is 4.98. The van der Waals surface area contributed by atoms with E-state index >= 15 is 0 Å². The molecule has 0 aliphatic carbocycles. The number of aryl methyl sites for hydroxylation is 1. The number of hydrogen-bond donors (Lipinski definition) is 2. The molecule has 0 aliphatic heterocycles. The molecule has 3 rings (SSSR count). The Labute approximate surface area is 124 Å². The van der Waals surface area contributed by atoms with Gasteiger partial charge in [0.1, 0.15) is 0 Å². The van der Waals surface area contributed by atoms with Crippen LogP contribution in [0.2, 0.25) is 0 Å². The zero-order valence-corrected chi connectivity index (χ0v) is 12.0. The van der Waals surface area contributed by atoms with E-state index in [-0.39, 0.29) is 6.04 Å². The molecule has 106 valence electrons. The molecule has 4 heteroatoms. The zero-order valence-electron chi connectivity index (χ0n) is 12.0. The molecule has 0 saturated heterocycles. The average Bonchev–Trinajstić information content (AvgIpc) is 2.56. The predicted molar refractivity (Wildman–Crippen MR) is 84.5 cm³/mol. The molecule has 0 radical (unpaired) electrons. The number of nitrogens with zero attached hydrogens (tertiary/aromatic N) is 2. The standard InChI is InChI=1S/C17H18N4/c1-2-12-11-19-9-7-15(12)17(21-18)14-6-5-13-4-3-8-20-16(13)10-14/h3-11,17,21H,2,18H2,1H3. The molecule has 0 aliphatic rings. The van der Waals surface area contributed by atoms with Gasteiger partial charge in [-0.15, -0.1) is 0 Å². The molecular formula is C17H18N4. The lowest BCUT2D eigenvalue weighted by atomic mass is 9.94. The highest BCUT2D eigenvalue weighted by Gasteiger charge is 2.16. The van der Waals surface area contributed by atoms with E-state index in [1.165, 1.54) is 5.56 Å². The highest BCUT2D eigenvalue weighted by atomic mass is 15.2. The fourth-order valence-electron chi connectivity index (χ4n) is 2.64. The lowest BCUT2D eigenvalue weighted by Crippen LogP contribution is -2.29. The van der Waals surface area contributed by atoms with Crippen molar-refractivity contribution in [2.45, 2.75) is 19.4 Å². The minimum atomic E-state index is -0.0608. The molecule has 3 N–H and O–H groups in total. The second-order valence-electron chi connectivity index (χ2n) is 4.98. The largest absolute Gasteiger partial charge is 0.271 e. The number of hydrazine groups is 1. The van der Waals surface area contributed by atoms with Crippen molar-refractivity contribution in [1.82, 2.24) is 15.4 Å². The van der Waals surface area contributed by atoms with Gasteiger partial charge in [0.25, 0.3) is 0 Å². The van der Waals surface area contributed by atoms with Crippen molar-refractivity contribution in [3.05, 3.63) is 71.7 Å². The van der Waals surface area contributed by atoms with Crippen LogP contribution in [0, 0.1) is 0 Å². The number of rotatable bonds is 4. The number of aromatic nitrogens is 2. The molecule has 3 aromatic rings. The summed E-state index contributed by atoms with van der Waals surface area (Å²) in [5, 5.41) is 1.13. The van der Waals surface area contributed by atoms with Gasteiger partial charge in [0.05, 0.1) is 11.6 Å². The minimum Gasteiger partial charge on any atom is -0.271 e. The Balaban J connectivity index is 2.09. The van der Waals surface area contributed by atoms with Crippen molar-refractivity contribution in [2.75, 3.05) is 0 Å². The summed E-state index contributed by atoms with van der Waals surface area (Å²) in [6.45, 7) is 2.12. The Morgan fingerprint density at radius 2 is 2.10 bits per heavy atom. The van der Waals surface area contributed by atoms with Crippen LogP contribution in [-0.2, 0) is 6.42 Å². The van der Waals surface area contributed by atoms with E-state index in [4.69, 9.17) is 5.84 Å².